The van der Waals surface area contributed by atoms with E-state index in [-0.39, 0.29) is 23.5 Å². The van der Waals surface area contributed by atoms with Gasteiger partial charge in [0.05, 0.1) is 12.6 Å². The number of nitrogens with zero attached hydrogens (tertiary/aromatic N) is 1. The van der Waals surface area contributed by atoms with E-state index < -0.39 is 12.1 Å². The molecule has 0 amide bonds. The number of hydrogen-bond donors (Lipinski definition) is 1. The molecule has 0 aliphatic rings. The maximum atomic E-state index is 12.3. The van der Waals surface area contributed by atoms with Gasteiger partial charge in [-0.25, -0.2) is 4.79 Å². The van der Waals surface area contributed by atoms with E-state index in [0.29, 0.717) is 18.7 Å². The predicted octanol–water partition coefficient (Wildman–Crippen LogP) is 3.65. The number of carbonyl (C=O) groups is 1. The van der Waals surface area contributed by atoms with Crippen molar-refractivity contribution in [2.24, 2.45) is 0 Å². The minimum absolute atomic E-state index is 0.0907. The lowest BCUT2D eigenvalue weighted by molar-refractivity contribution is -0.153. The molecule has 1 unspecified atom stereocenters. The van der Waals surface area contributed by atoms with Crippen LogP contribution >= 0.6 is 0 Å². The summed E-state index contributed by atoms with van der Waals surface area (Å²) >= 11 is 0. The third kappa shape index (κ3) is 7.06. The number of carboxylic acids is 1. The van der Waals surface area contributed by atoms with E-state index in [4.69, 9.17) is 9.47 Å². The normalized spacial score (nSPS) is 12.8. The average molecular weight is 402 g/mol. The third-order valence-corrected chi connectivity index (χ3v) is 4.51. The molecular weight excluding hydrogens is 370 g/mol. The number of carboxylic acid groups (broad SMARTS) is 1. The summed E-state index contributed by atoms with van der Waals surface area (Å²) in [5.41, 5.74) is 1.77. The average Bonchev–Trinajstić information content (AvgIpc) is 2.62. The number of ether oxygens (including phenoxy) is 2. The zero-order chi connectivity index (χ0) is 21.6. The van der Waals surface area contributed by atoms with Crippen molar-refractivity contribution in [3.05, 3.63) is 64.1 Å². The van der Waals surface area contributed by atoms with Gasteiger partial charge in [0, 0.05) is 18.7 Å². The molecule has 0 saturated heterocycles. The van der Waals surface area contributed by atoms with Crippen molar-refractivity contribution in [1.29, 1.82) is 0 Å². The van der Waals surface area contributed by atoms with E-state index >= 15 is 0 Å². The Hall–Kier alpha value is -2.60. The van der Waals surface area contributed by atoms with Crippen molar-refractivity contribution in [2.75, 3.05) is 6.61 Å². The van der Waals surface area contributed by atoms with Crippen LogP contribution in [0.3, 0.4) is 0 Å². The highest BCUT2D eigenvalue weighted by Gasteiger charge is 2.20. The molecule has 2 aromatic rings. The van der Waals surface area contributed by atoms with E-state index in [1.54, 1.807) is 30.7 Å². The third-order valence-electron chi connectivity index (χ3n) is 4.51. The van der Waals surface area contributed by atoms with Crippen LogP contribution in [0.25, 0.3) is 0 Å². The van der Waals surface area contributed by atoms with Gasteiger partial charge in [-0.2, -0.15) is 0 Å². The second-order valence-electron chi connectivity index (χ2n) is 8.41. The number of aromatic nitrogens is 1. The molecule has 1 aromatic carbocycles. The molecule has 6 nitrogen and oxygen atoms in total. The summed E-state index contributed by atoms with van der Waals surface area (Å²) in [4.78, 5) is 23.6. The summed E-state index contributed by atoms with van der Waals surface area (Å²) in [7, 11) is 0. The van der Waals surface area contributed by atoms with E-state index in [0.717, 1.165) is 5.75 Å². The van der Waals surface area contributed by atoms with Gasteiger partial charge in [-0.15, -0.1) is 0 Å². The fourth-order valence-electron chi connectivity index (χ4n) is 2.91. The summed E-state index contributed by atoms with van der Waals surface area (Å²) in [6.45, 7) is 10.8. The zero-order valence-electron chi connectivity index (χ0n) is 17.8. The van der Waals surface area contributed by atoms with Crippen LogP contribution in [0, 0.1) is 0 Å². The molecule has 0 spiro atoms. The lowest BCUT2D eigenvalue weighted by Gasteiger charge is -2.19. The molecule has 1 atom stereocenters. The Morgan fingerprint density at radius 2 is 1.79 bits per heavy atom. The summed E-state index contributed by atoms with van der Waals surface area (Å²) in [5.74, 6) is -0.272. The Kier molecular flexibility index (Phi) is 7.62. The second-order valence-corrected chi connectivity index (χ2v) is 8.41. The molecule has 0 radical (unpaired) electrons. The highest BCUT2D eigenvalue weighted by atomic mass is 16.5. The fraction of sp³-hybridized carbons (Fsp3) is 0.478. The summed E-state index contributed by atoms with van der Waals surface area (Å²) in [6, 6.07) is 11.2. The minimum atomic E-state index is -1.03. The Morgan fingerprint density at radius 3 is 2.31 bits per heavy atom. The molecule has 0 aliphatic heterocycles. The van der Waals surface area contributed by atoms with Gasteiger partial charge in [-0.1, -0.05) is 32.9 Å². The van der Waals surface area contributed by atoms with Gasteiger partial charge >= 0.3 is 5.97 Å². The first-order valence-electron chi connectivity index (χ1n) is 9.87. The number of hydrogen-bond acceptors (Lipinski definition) is 4. The Balaban J connectivity index is 1.94. The maximum Gasteiger partial charge on any atom is 0.333 e. The molecule has 1 heterocycles. The smallest absolute Gasteiger partial charge is 0.333 e. The first-order valence-corrected chi connectivity index (χ1v) is 9.87. The molecule has 6 heteroatoms. The zero-order valence-corrected chi connectivity index (χ0v) is 17.8. The van der Waals surface area contributed by atoms with Crippen LogP contribution in [0.4, 0.5) is 0 Å². The van der Waals surface area contributed by atoms with Crippen molar-refractivity contribution >= 4 is 5.97 Å². The Morgan fingerprint density at radius 1 is 1.14 bits per heavy atom. The van der Waals surface area contributed by atoms with E-state index in [1.165, 1.54) is 11.6 Å². The van der Waals surface area contributed by atoms with Crippen LogP contribution < -0.4 is 10.3 Å². The molecule has 1 aromatic heterocycles. The van der Waals surface area contributed by atoms with Gasteiger partial charge in [-0.05, 0) is 48.6 Å². The van der Waals surface area contributed by atoms with Crippen molar-refractivity contribution in [3.8, 4) is 5.75 Å². The Bertz CT molecular complexity index is 862. The van der Waals surface area contributed by atoms with E-state index in [1.807, 2.05) is 24.3 Å². The molecule has 0 bridgehead atoms. The maximum absolute atomic E-state index is 12.3. The van der Waals surface area contributed by atoms with Gasteiger partial charge in [0.25, 0.3) is 5.56 Å². The fourth-order valence-corrected chi connectivity index (χ4v) is 2.91. The van der Waals surface area contributed by atoms with Crippen LogP contribution in [0.2, 0.25) is 0 Å². The highest BCUT2D eigenvalue weighted by Crippen LogP contribution is 2.24. The molecule has 0 saturated carbocycles. The quantitative estimate of drug-likeness (QED) is 0.694. The van der Waals surface area contributed by atoms with Crippen molar-refractivity contribution in [2.45, 2.75) is 65.2 Å². The first-order chi connectivity index (χ1) is 13.6. The van der Waals surface area contributed by atoms with Gasteiger partial charge < -0.3 is 19.1 Å². The lowest BCUT2D eigenvalue weighted by Crippen LogP contribution is -2.30. The summed E-state index contributed by atoms with van der Waals surface area (Å²) in [5, 5.41) is 9.27. The minimum Gasteiger partial charge on any atom is -0.492 e. The molecule has 2 rings (SSSR count). The molecule has 0 fully saturated rings. The van der Waals surface area contributed by atoms with Crippen molar-refractivity contribution < 1.29 is 19.4 Å². The standard InChI is InChI=1S/C23H31NO5/c1-16(2)29-20(22(26)27)14-17-10-11-24(21(25)15-17)12-13-28-19-8-6-18(7-9-19)23(3,4)5/h6-11,15-16,20H,12-14H2,1-5H3,(H,26,27). The monoisotopic (exact) mass is 401 g/mol. The molecule has 29 heavy (non-hydrogen) atoms. The van der Waals surface area contributed by atoms with Gasteiger partial charge in [0.2, 0.25) is 0 Å². The SMILES string of the molecule is CC(C)OC(Cc1ccn(CCOc2ccc(C(C)(C)C)cc2)c(=O)c1)C(=O)O. The summed E-state index contributed by atoms with van der Waals surface area (Å²) < 4.78 is 12.7. The predicted molar refractivity (Wildman–Crippen MR) is 113 cm³/mol. The first kappa shape index (κ1) is 22.7. The van der Waals surface area contributed by atoms with Crippen molar-refractivity contribution in [3.63, 3.8) is 0 Å². The summed E-state index contributed by atoms with van der Waals surface area (Å²) in [6.07, 6.45) is 0.647. The van der Waals surface area contributed by atoms with E-state index in [9.17, 15) is 14.7 Å². The molecule has 158 valence electrons. The van der Waals surface area contributed by atoms with Crippen LogP contribution in [0.1, 0.15) is 45.7 Å². The second kappa shape index (κ2) is 9.74. The number of benzene rings is 1. The molecule has 1 N–H and O–H groups in total. The van der Waals surface area contributed by atoms with Crippen molar-refractivity contribution in [1.82, 2.24) is 4.57 Å². The number of pyridine rings is 1. The largest absolute Gasteiger partial charge is 0.492 e. The lowest BCUT2D eigenvalue weighted by atomic mass is 9.87. The van der Waals surface area contributed by atoms with Gasteiger partial charge in [0.15, 0.2) is 6.10 Å². The number of aliphatic carboxylic acids is 1. The molecular formula is C23H31NO5. The van der Waals surface area contributed by atoms with Crippen LogP contribution in [0.5, 0.6) is 5.75 Å². The topological polar surface area (TPSA) is 77.8 Å². The van der Waals surface area contributed by atoms with E-state index in [2.05, 4.69) is 20.8 Å². The van der Waals surface area contributed by atoms with Crippen LogP contribution in [0.15, 0.2) is 47.4 Å². The number of rotatable bonds is 9. The Labute approximate surface area is 172 Å². The molecule has 0 aliphatic carbocycles. The van der Waals surface area contributed by atoms with Gasteiger partial charge in [0.1, 0.15) is 12.4 Å². The highest BCUT2D eigenvalue weighted by molar-refractivity contribution is 5.72. The van der Waals surface area contributed by atoms with Crippen LogP contribution in [-0.4, -0.2) is 34.5 Å². The van der Waals surface area contributed by atoms with Crippen LogP contribution in [-0.2, 0) is 27.9 Å². The van der Waals surface area contributed by atoms with Gasteiger partial charge in [-0.3, -0.25) is 4.79 Å².